The second kappa shape index (κ2) is 5.00. The highest BCUT2D eigenvalue weighted by Gasteiger charge is 2.35. The van der Waals surface area contributed by atoms with Crippen LogP contribution < -0.4 is 5.32 Å². The van der Waals surface area contributed by atoms with Crippen molar-refractivity contribution in [1.29, 1.82) is 0 Å². The van der Waals surface area contributed by atoms with Crippen molar-refractivity contribution in [2.45, 2.75) is 39.2 Å². The summed E-state index contributed by atoms with van der Waals surface area (Å²) >= 11 is 3.09. The molecule has 1 atom stereocenters. The first kappa shape index (κ1) is 13.5. The molecule has 1 amide bonds. The summed E-state index contributed by atoms with van der Waals surface area (Å²) in [6.07, 6.45) is 3.29. The number of amides is 1. The zero-order valence-electron chi connectivity index (χ0n) is 10.6. The number of carbonyl (C=O) groups is 1. The number of hydrogen-bond acceptors (Lipinski definition) is 1. The minimum Gasteiger partial charge on any atom is -0.349 e. The Morgan fingerprint density at radius 1 is 1.50 bits per heavy atom. The Kier molecular flexibility index (Phi) is 3.76. The van der Waals surface area contributed by atoms with Crippen LogP contribution in [0, 0.1) is 11.2 Å². The van der Waals surface area contributed by atoms with E-state index in [0.29, 0.717) is 10.0 Å². The van der Waals surface area contributed by atoms with Crippen molar-refractivity contribution in [3.05, 3.63) is 34.1 Å². The Bertz CT molecular complexity index is 473. The molecular weight excluding hydrogens is 297 g/mol. The Morgan fingerprint density at radius 2 is 2.22 bits per heavy atom. The van der Waals surface area contributed by atoms with Crippen molar-refractivity contribution < 1.29 is 9.18 Å². The van der Waals surface area contributed by atoms with Crippen LogP contribution in [0.2, 0.25) is 0 Å². The Balaban J connectivity index is 2.10. The molecule has 1 fully saturated rings. The molecule has 0 radical (unpaired) electrons. The zero-order chi connectivity index (χ0) is 13.3. The van der Waals surface area contributed by atoms with Gasteiger partial charge in [-0.15, -0.1) is 0 Å². The standard InChI is InChI=1S/C14H17BrFNO/c1-14(2)7-3-4-12(14)17-13(18)9-5-6-11(16)10(15)8-9/h5-6,8,12H,3-4,7H2,1-2H3,(H,17,18). The van der Waals surface area contributed by atoms with Crippen LogP contribution in [0.1, 0.15) is 43.5 Å². The number of nitrogens with one attached hydrogen (secondary N) is 1. The second-order valence-electron chi connectivity index (χ2n) is 5.54. The average Bonchev–Trinajstić information content (AvgIpc) is 2.62. The van der Waals surface area contributed by atoms with Gasteiger partial charge in [0.2, 0.25) is 0 Å². The quantitative estimate of drug-likeness (QED) is 0.881. The van der Waals surface area contributed by atoms with Gasteiger partial charge in [0.15, 0.2) is 0 Å². The minimum absolute atomic E-state index is 0.129. The van der Waals surface area contributed by atoms with Crippen LogP contribution >= 0.6 is 15.9 Å². The fourth-order valence-corrected chi connectivity index (χ4v) is 2.85. The van der Waals surface area contributed by atoms with Crippen molar-refractivity contribution >= 4 is 21.8 Å². The van der Waals surface area contributed by atoms with Gasteiger partial charge in [-0.2, -0.15) is 0 Å². The topological polar surface area (TPSA) is 29.1 Å². The maximum absolute atomic E-state index is 13.1. The number of hydrogen-bond donors (Lipinski definition) is 1. The van der Waals surface area contributed by atoms with E-state index in [2.05, 4.69) is 35.1 Å². The van der Waals surface area contributed by atoms with Crippen molar-refractivity contribution in [3.63, 3.8) is 0 Å². The highest BCUT2D eigenvalue weighted by molar-refractivity contribution is 9.10. The van der Waals surface area contributed by atoms with Crippen LogP contribution in [0.5, 0.6) is 0 Å². The first-order valence-electron chi connectivity index (χ1n) is 6.16. The van der Waals surface area contributed by atoms with Gasteiger partial charge in [-0.3, -0.25) is 4.79 Å². The monoisotopic (exact) mass is 313 g/mol. The first-order valence-corrected chi connectivity index (χ1v) is 6.95. The molecule has 0 heterocycles. The third-order valence-corrected chi connectivity index (χ3v) is 4.35. The molecule has 1 aliphatic rings. The van der Waals surface area contributed by atoms with Crippen LogP contribution in [0.4, 0.5) is 4.39 Å². The van der Waals surface area contributed by atoms with Gasteiger partial charge >= 0.3 is 0 Å². The number of halogens is 2. The fraction of sp³-hybridized carbons (Fsp3) is 0.500. The first-order chi connectivity index (χ1) is 8.40. The molecule has 18 heavy (non-hydrogen) atoms. The lowest BCUT2D eigenvalue weighted by atomic mass is 9.87. The van der Waals surface area contributed by atoms with Gasteiger partial charge in [0.25, 0.3) is 5.91 Å². The Morgan fingerprint density at radius 3 is 2.78 bits per heavy atom. The summed E-state index contributed by atoms with van der Waals surface area (Å²) in [7, 11) is 0. The number of benzene rings is 1. The normalized spacial score (nSPS) is 21.9. The molecule has 2 rings (SSSR count). The smallest absolute Gasteiger partial charge is 0.251 e. The number of rotatable bonds is 2. The summed E-state index contributed by atoms with van der Waals surface area (Å²) in [6.45, 7) is 4.34. The summed E-state index contributed by atoms with van der Waals surface area (Å²) < 4.78 is 13.4. The van der Waals surface area contributed by atoms with E-state index in [1.54, 1.807) is 0 Å². The SMILES string of the molecule is CC1(C)CCCC1NC(=O)c1ccc(F)c(Br)c1. The van der Waals surface area contributed by atoms with E-state index in [1.165, 1.54) is 18.2 Å². The van der Waals surface area contributed by atoms with Gasteiger partial charge < -0.3 is 5.32 Å². The molecule has 1 aliphatic carbocycles. The molecule has 0 aromatic heterocycles. The third kappa shape index (κ3) is 2.74. The summed E-state index contributed by atoms with van der Waals surface area (Å²) in [4.78, 5) is 12.1. The van der Waals surface area contributed by atoms with Crippen molar-refractivity contribution in [3.8, 4) is 0 Å². The molecule has 0 aliphatic heterocycles. The van der Waals surface area contributed by atoms with Crippen LogP contribution in [0.3, 0.4) is 0 Å². The Hall–Kier alpha value is -0.900. The van der Waals surface area contributed by atoms with Gasteiger partial charge in [0, 0.05) is 11.6 Å². The molecule has 1 N–H and O–H groups in total. The minimum atomic E-state index is -0.354. The zero-order valence-corrected chi connectivity index (χ0v) is 12.2. The molecule has 4 heteroatoms. The molecule has 0 saturated heterocycles. The van der Waals surface area contributed by atoms with Crippen LogP contribution in [0.25, 0.3) is 0 Å². The predicted octanol–water partition coefficient (Wildman–Crippen LogP) is 3.90. The molecule has 98 valence electrons. The van der Waals surface area contributed by atoms with Crippen LogP contribution in [0.15, 0.2) is 22.7 Å². The lowest BCUT2D eigenvalue weighted by Crippen LogP contribution is -2.41. The van der Waals surface area contributed by atoms with Gasteiger partial charge in [-0.25, -0.2) is 4.39 Å². The maximum atomic E-state index is 13.1. The molecule has 1 saturated carbocycles. The molecule has 1 aromatic rings. The highest BCUT2D eigenvalue weighted by Crippen LogP contribution is 2.37. The fourth-order valence-electron chi connectivity index (χ4n) is 2.47. The lowest BCUT2D eigenvalue weighted by Gasteiger charge is -2.27. The summed E-state index contributed by atoms with van der Waals surface area (Å²) in [5, 5.41) is 3.05. The molecule has 1 aromatic carbocycles. The molecular formula is C14H17BrFNO. The number of carbonyl (C=O) groups excluding carboxylic acids is 1. The summed E-state index contributed by atoms with van der Waals surface area (Å²) in [5.41, 5.74) is 0.637. The van der Waals surface area contributed by atoms with Gasteiger partial charge in [0.05, 0.1) is 4.47 Å². The molecule has 1 unspecified atom stereocenters. The van der Waals surface area contributed by atoms with E-state index < -0.39 is 0 Å². The van der Waals surface area contributed by atoms with E-state index in [-0.39, 0.29) is 23.2 Å². The van der Waals surface area contributed by atoms with Crippen molar-refractivity contribution in [2.24, 2.45) is 5.41 Å². The Labute approximate surface area is 115 Å². The van der Waals surface area contributed by atoms with Gasteiger partial charge in [-0.1, -0.05) is 20.3 Å². The maximum Gasteiger partial charge on any atom is 0.251 e. The van der Waals surface area contributed by atoms with Gasteiger partial charge in [-0.05, 0) is 52.4 Å². The summed E-state index contributed by atoms with van der Waals surface area (Å²) in [5.74, 6) is -0.483. The predicted molar refractivity (Wildman–Crippen MR) is 73.0 cm³/mol. The van der Waals surface area contributed by atoms with Crippen LogP contribution in [-0.2, 0) is 0 Å². The van der Waals surface area contributed by atoms with E-state index in [0.717, 1.165) is 19.3 Å². The van der Waals surface area contributed by atoms with E-state index >= 15 is 0 Å². The van der Waals surface area contributed by atoms with Gasteiger partial charge in [0.1, 0.15) is 5.82 Å². The molecule has 2 nitrogen and oxygen atoms in total. The van der Waals surface area contributed by atoms with Crippen molar-refractivity contribution in [2.75, 3.05) is 0 Å². The summed E-state index contributed by atoms with van der Waals surface area (Å²) in [6, 6.07) is 4.54. The second-order valence-corrected chi connectivity index (χ2v) is 6.39. The molecule has 0 spiro atoms. The highest BCUT2D eigenvalue weighted by atomic mass is 79.9. The van der Waals surface area contributed by atoms with E-state index in [1.807, 2.05) is 0 Å². The van der Waals surface area contributed by atoms with E-state index in [9.17, 15) is 9.18 Å². The average molecular weight is 314 g/mol. The lowest BCUT2D eigenvalue weighted by molar-refractivity contribution is 0.0910. The van der Waals surface area contributed by atoms with Crippen LogP contribution in [-0.4, -0.2) is 11.9 Å². The van der Waals surface area contributed by atoms with E-state index in [4.69, 9.17) is 0 Å². The third-order valence-electron chi connectivity index (χ3n) is 3.74. The molecule has 0 bridgehead atoms. The van der Waals surface area contributed by atoms with Crippen molar-refractivity contribution in [1.82, 2.24) is 5.32 Å². The largest absolute Gasteiger partial charge is 0.349 e.